The molecule has 2 aromatic rings. The van der Waals surface area contributed by atoms with Crippen molar-refractivity contribution in [2.75, 3.05) is 26.3 Å². The van der Waals surface area contributed by atoms with E-state index in [1.54, 1.807) is 32.9 Å². The zero-order chi connectivity index (χ0) is 24.2. The molecule has 0 aliphatic carbocycles. The molecule has 1 aliphatic rings. The number of carbonyl (C=O) groups excluding carboxylic acids is 1. The van der Waals surface area contributed by atoms with Gasteiger partial charge < -0.3 is 19.1 Å². The molecule has 1 amide bonds. The molecule has 1 heterocycles. The number of carbonyl (C=O) groups is 1. The molecule has 33 heavy (non-hydrogen) atoms. The molecule has 0 saturated carbocycles. The van der Waals surface area contributed by atoms with E-state index in [1.165, 1.54) is 17.0 Å². The summed E-state index contributed by atoms with van der Waals surface area (Å²) in [5, 5.41) is 9.69. The van der Waals surface area contributed by atoms with Gasteiger partial charge in [-0.05, 0) is 72.7 Å². The first kappa shape index (κ1) is 25.2. The SMILES string of the molecule is CC(C)(C)OC(=O)N1CCOC(COc2cc(F)cc(Cc3ccc(I)cc3F)c2C#N)C1. The van der Waals surface area contributed by atoms with Crippen LogP contribution < -0.4 is 4.74 Å². The topological polar surface area (TPSA) is 71.8 Å². The molecule has 0 spiro atoms. The summed E-state index contributed by atoms with van der Waals surface area (Å²) < 4.78 is 46.2. The minimum Gasteiger partial charge on any atom is -0.489 e. The molecule has 1 unspecified atom stereocenters. The highest BCUT2D eigenvalue weighted by Gasteiger charge is 2.29. The van der Waals surface area contributed by atoms with Crippen molar-refractivity contribution in [3.05, 3.63) is 62.2 Å². The van der Waals surface area contributed by atoms with Crippen LogP contribution in [0.15, 0.2) is 30.3 Å². The van der Waals surface area contributed by atoms with Gasteiger partial charge in [-0.15, -0.1) is 0 Å². The molecule has 1 atom stereocenters. The van der Waals surface area contributed by atoms with Crippen LogP contribution in [0.3, 0.4) is 0 Å². The third-order valence-electron chi connectivity index (χ3n) is 4.87. The molecule has 1 fully saturated rings. The number of morpholine rings is 1. The highest BCUT2D eigenvalue weighted by Crippen LogP contribution is 2.27. The van der Waals surface area contributed by atoms with E-state index in [1.807, 2.05) is 28.7 Å². The Morgan fingerprint density at radius 1 is 1.27 bits per heavy atom. The second-order valence-corrected chi connectivity index (χ2v) is 9.94. The zero-order valence-electron chi connectivity index (χ0n) is 18.7. The van der Waals surface area contributed by atoms with Crippen molar-refractivity contribution in [3.8, 4) is 11.8 Å². The lowest BCUT2D eigenvalue weighted by atomic mass is 9.99. The van der Waals surface area contributed by atoms with Crippen molar-refractivity contribution < 1.29 is 27.8 Å². The smallest absolute Gasteiger partial charge is 0.410 e. The summed E-state index contributed by atoms with van der Waals surface area (Å²) in [7, 11) is 0. The first-order valence-corrected chi connectivity index (χ1v) is 11.5. The molecular formula is C24H25F2IN2O4. The van der Waals surface area contributed by atoms with Crippen LogP contribution in [0.5, 0.6) is 5.75 Å². The molecule has 0 radical (unpaired) electrons. The maximum Gasteiger partial charge on any atom is 0.410 e. The Hall–Kier alpha value is -2.45. The predicted octanol–water partition coefficient (Wildman–Crippen LogP) is 5.05. The third kappa shape index (κ3) is 7.01. The van der Waals surface area contributed by atoms with Crippen molar-refractivity contribution >= 4 is 28.7 Å². The molecule has 0 aromatic heterocycles. The fourth-order valence-electron chi connectivity index (χ4n) is 3.38. The molecule has 176 valence electrons. The van der Waals surface area contributed by atoms with E-state index < -0.39 is 29.4 Å². The number of halogens is 3. The van der Waals surface area contributed by atoms with Crippen LogP contribution in [0.4, 0.5) is 13.6 Å². The fraction of sp³-hybridized carbons (Fsp3) is 0.417. The maximum atomic E-state index is 14.3. The van der Waals surface area contributed by atoms with E-state index in [0.717, 1.165) is 9.64 Å². The Morgan fingerprint density at radius 2 is 2.03 bits per heavy atom. The summed E-state index contributed by atoms with van der Waals surface area (Å²) in [4.78, 5) is 13.9. The molecule has 0 N–H and O–H groups in total. The second-order valence-electron chi connectivity index (χ2n) is 8.69. The van der Waals surface area contributed by atoms with Crippen LogP contribution >= 0.6 is 22.6 Å². The second kappa shape index (κ2) is 10.7. The minimum absolute atomic E-state index is 0.00869. The number of rotatable bonds is 5. The standard InChI is InChI=1S/C24H25F2IN2O4/c1-24(2,3)33-23(30)29-6-7-31-19(13-29)14-32-22-10-17(25)9-16(20(22)12-28)8-15-4-5-18(27)11-21(15)26/h4-5,9-11,19H,6-8,13-14H2,1-3H3. The maximum absolute atomic E-state index is 14.3. The molecule has 9 heteroatoms. The lowest BCUT2D eigenvalue weighted by Crippen LogP contribution is -2.49. The molecule has 6 nitrogen and oxygen atoms in total. The molecule has 0 bridgehead atoms. The van der Waals surface area contributed by atoms with Gasteiger partial charge in [-0.25, -0.2) is 13.6 Å². The van der Waals surface area contributed by atoms with Gasteiger partial charge in [0.05, 0.1) is 18.7 Å². The average Bonchev–Trinajstić information content (AvgIpc) is 2.73. The number of ether oxygens (including phenoxy) is 3. The van der Waals surface area contributed by atoms with E-state index >= 15 is 0 Å². The summed E-state index contributed by atoms with van der Waals surface area (Å²) in [6, 6.07) is 9.13. The number of hydrogen-bond donors (Lipinski definition) is 0. The van der Waals surface area contributed by atoms with Crippen LogP contribution in [-0.4, -0.2) is 49.0 Å². The largest absolute Gasteiger partial charge is 0.489 e. The van der Waals surface area contributed by atoms with E-state index in [-0.39, 0.29) is 30.9 Å². The van der Waals surface area contributed by atoms with E-state index in [0.29, 0.717) is 24.3 Å². The number of benzene rings is 2. The molecular weight excluding hydrogens is 545 g/mol. The number of hydrogen-bond acceptors (Lipinski definition) is 5. The van der Waals surface area contributed by atoms with Crippen LogP contribution in [0, 0.1) is 26.5 Å². The van der Waals surface area contributed by atoms with Gasteiger partial charge >= 0.3 is 6.09 Å². The van der Waals surface area contributed by atoms with Gasteiger partial charge in [0.2, 0.25) is 0 Å². The van der Waals surface area contributed by atoms with Crippen LogP contribution in [0.2, 0.25) is 0 Å². The quantitative estimate of drug-likeness (QED) is 0.471. The summed E-state index contributed by atoms with van der Waals surface area (Å²) in [6.07, 6.45) is -0.870. The fourth-order valence-corrected chi connectivity index (χ4v) is 3.83. The number of nitrogens with zero attached hydrogens (tertiary/aromatic N) is 2. The van der Waals surface area contributed by atoms with Crippen molar-refractivity contribution in [2.45, 2.75) is 38.9 Å². The van der Waals surface area contributed by atoms with Gasteiger partial charge in [-0.3, -0.25) is 0 Å². The van der Waals surface area contributed by atoms with Gasteiger partial charge in [-0.1, -0.05) is 6.07 Å². The van der Waals surface area contributed by atoms with Gasteiger partial charge in [-0.2, -0.15) is 5.26 Å². The molecule has 3 rings (SSSR count). The van der Waals surface area contributed by atoms with Crippen LogP contribution in [0.25, 0.3) is 0 Å². The van der Waals surface area contributed by atoms with Crippen LogP contribution in [0.1, 0.15) is 37.5 Å². The zero-order valence-corrected chi connectivity index (χ0v) is 20.8. The predicted molar refractivity (Wildman–Crippen MR) is 126 cm³/mol. The van der Waals surface area contributed by atoms with Gasteiger partial charge in [0, 0.05) is 22.6 Å². The summed E-state index contributed by atoms with van der Waals surface area (Å²) in [5.41, 5.74) is 0.200. The van der Waals surface area contributed by atoms with E-state index in [2.05, 4.69) is 0 Å². The summed E-state index contributed by atoms with van der Waals surface area (Å²) >= 11 is 2.00. The summed E-state index contributed by atoms with van der Waals surface area (Å²) in [5.74, 6) is -0.961. The normalized spacial score (nSPS) is 16.3. The van der Waals surface area contributed by atoms with Crippen molar-refractivity contribution in [1.29, 1.82) is 5.26 Å². The highest BCUT2D eigenvalue weighted by molar-refractivity contribution is 14.1. The van der Waals surface area contributed by atoms with Crippen molar-refractivity contribution in [3.63, 3.8) is 0 Å². The number of amides is 1. The first-order valence-electron chi connectivity index (χ1n) is 10.4. The van der Waals surface area contributed by atoms with Gasteiger partial charge in [0.1, 0.15) is 41.8 Å². The lowest BCUT2D eigenvalue weighted by molar-refractivity contribution is -0.0557. The molecule has 1 saturated heterocycles. The monoisotopic (exact) mass is 570 g/mol. The van der Waals surface area contributed by atoms with Crippen molar-refractivity contribution in [2.24, 2.45) is 0 Å². The number of nitriles is 1. The van der Waals surface area contributed by atoms with Gasteiger partial charge in [0.15, 0.2) is 0 Å². The Morgan fingerprint density at radius 3 is 2.70 bits per heavy atom. The molecule has 2 aromatic carbocycles. The Labute approximate surface area is 205 Å². The Kier molecular flexibility index (Phi) is 8.13. The van der Waals surface area contributed by atoms with Gasteiger partial charge in [0.25, 0.3) is 0 Å². The average molecular weight is 570 g/mol. The van der Waals surface area contributed by atoms with Crippen molar-refractivity contribution in [1.82, 2.24) is 4.90 Å². The Balaban J connectivity index is 1.72. The Bertz CT molecular complexity index is 1070. The summed E-state index contributed by atoms with van der Waals surface area (Å²) in [6.45, 7) is 6.32. The highest BCUT2D eigenvalue weighted by atomic mass is 127. The van der Waals surface area contributed by atoms with E-state index in [9.17, 15) is 18.8 Å². The third-order valence-corrected chi connectivity index (χ3v) is 5.54. The lowest BCUT2D eigenvalue weighted by Gasteiger charge is -2.34. The van der Waals surface area contributed by atoms with Crippen LogP contribution in [-0.2, 0) is 15.9 Å². The first-order chi connectivity index (χ1) is 15.6. The molecule has 1 aliphatic heterocycles. The van der Waals surface area contributed by atoms with E-state index in [4.69, 9.17) is 14.2 Å². The minimum atomic E-state index is -0.614.